The summed E-state index contributed by atoms with van der Waals surface area (Å²) in [6, 6.07) is 11.4. The quantitative estimate of drug-likeness (QED) is 0.828. The van der Waals surface area contributed by atoms with Crippen molar-refractivity contribution < 1.29 is 0 Å². The van der Waals surface area contributed by atoms with E-state index in [2.05, 4.69) is 41.0 Å². The minimum absolute atomic E-state index is 0.714. The summed E-state index contributed by atoms with van der Waals surface area (Å²) in [4.78, 5) is 0. The molecular weight excluding hydrogens is 208 g/mol. The van der Waals surface area contributed by atoms with Crippen LogP contribution in [0.25, 0.3) is 0 Å². The lowest BCUT2D eigenvalue weighted by Crippen LogP contribution is -2.37. The van der Waals surface area contributed by atoms with Crippen molar-refractivity contribution in [1.82, 2.24) is 10.6 Å². The van der Waals surface area contributed by atoms with Crippen molar-refractivity contribution in [3.05, 3.63) is 35.9 Å². The maximum atomic E-state index is 3.68. The molecule has 2 aliphatic rings. The third-order valence-electron chi connectivity index (χ3n) is 4.41. The highest BCUT2D eigenvalue weighted by molar-refractivity contribution is 5.14. The molecule has 0 radical (unpaired) electrons. The van der Waals surface area contributed by atoms with Gasteiger partial charge in [-0.15, -0.1) is 0 Å². The van der Waals surface area contributed by atoms with Crippen LogP contribution in [-0.2, 0) is 6.54 Å². The molecule has 2 nitrogen and oxygen atoms in total. The summed E-state index contributed by atoms with van der Waals surface area (Å²) in [5, 5.41) is 7.28. The number of rotatable bonds is 4. The fraction of sp³-hybridized carbons (Fsp3) is 0.600. The second-order valence-corrected chi connectivity index (χ2v) is 5.49. The van der Waals surface area contributed by atoms with E-state index in [-0.39, 0.29) is 0 Å². The Bertz CT molecular complexity index is 349. The SMILES string of the molecule is c1ccc(CNCC2NCC3CCCC32)cc1. The van der Waals surface area contributed by atoms with Gasteiger partial charge in [-0.2, -0.15) is 0 Å². The molecule has 3 atom stereocenters. The zero-order valence-electron chi connectivity index (χ0n) is 10.4. The van der Waals surface area contributed by atoms with Crippen molar-refractivity contribution in [2.45, 2.75) is 31.8 Å². The minimum atomic E-state index is 0.714. The van der Waals surface area contributed by atoms with Gasteiger partial charge in [0.2, 0.25) is 0 Å². The van der Waals surface area contributed by atoms with Crippen LogP contribution in [0.3, 0.4) is 0 Å². The Balaban J connectivity index is 1.46. The average Bonchev–Trinajstić information content (AvgIpc) is 2.95. The Labute approximate surface area is 104 Å². The Kier molecular flexibility index (Phi) is 3.44. The monoisotopic (exact) mass is 230 g/mol. The van der Waals surface area contributed by atoms with Crippen LogP contribution in [0, 0.1) is 11.8 Å². The van der Waals surface area contributed by atoms with Crippen molar-refractivity contribution in [3.8, 4) is 0 Å². The number of fused-ring (bicyclic) bond motifs is 1. The van der Waals surface area contributed by atoms with Crippen LogP contribution in [-0.4, -0.2) is 19.1 Å². The molecule has 1 saturated carbocycles. The Morgan fingerprint density at radius 2 is 2.06 bits per heavy atom. The molecule has 3 rings (SSSR count). The smallest absolute Gasteiger partial charge is 0.0224 e. The summed E-state index contributed by atoms with van der Waals surface area (Å²) in [5.41, 5.74) is 1.38. The van der Waals surface area contributed by atoms with Gasteiger partial charge in [0, 0.05) is 19.1 Å². The standard InChI is InChI=1S/C15H22N2/c1-2-5-12(6-3-1)9-16-11-15-14-8-4-7-13(14)10-17-15/h1-3,5-6,13-17H,4,7-11H2. The molecule has 0 bridgehead atoms. The van der Waals surface area contributed by atoms with E-state index < -0.39 is 0 Å². The van der Waals surface area contributed by atoms with E-state index in [9.17, 15) is 0 Å². The molecule has 1 aliphatic heterocycles. The van der Waals surface area contributed by atoms with Gasteiger partial charge in [0.15, 0.2) is 0 Å². The molecule has 0 aromatic heterocycles. The van der Waals surface area contributed by atoms with Crippen molar-refractivity contribution in [2.24, 2.45) is 11.8 Å². The van der Waals surface area contributed by atoms with Crippen LogP contribution >= 0.6 is 0 Å². The van der Waals surface area contributed by atoms with Gasteiger partial charge in [0.1, 0.15) is 0 Å². The number of hydrogen-bond acceptors (Lipinski definition) is 2. The Morgan fingerprint density at radius 3 is 2.94 bits per heavy atom. The molecule has 2 N–H and O–H groups in total. The van der Waals surface area contributed by atoms with Crippen LogP contribution in [0.2, 0.25) is 0 Å². The van der Waals surface area contributed by atoms with E-state index in [0.717, 1.165) is 24.9 Å². The second kappa shape index (κ2) is 5.19. The van der Waals surface area contributed by atoms with Crippen molar-refractivity contribution in [3.63, 3.8) is 0 Å². The number of benzene rings is 1. The van der Waals surface area contributed by atoms with E-state index in [0.29, 0.717) is 6.04 Å². The van der Waals surface area contributed by atoms with Crippen LogP contribution < -0.4 is 10.6 Å². The molecule has 17 heavy (non-hydrogen) atoms. The number of nitrogens with one attached hydrogen (secondary N) is 2. The Hall–Kier alpha value is -0.860. The number of hydrogen-bond donors (Lipinski definition) is 2. The van der Waals surface area contributed by atoms with Gasteiger partial charge >= 0.3 is 0 Å². The Morgan fingerprint density at radius 1 is 1.18 bits per heavy atom. The molecule has 2 fully saturated rings. The van der Waals surface area contributed by atoms with Crippen molar-refractivity contribution in [2.75, 3.05) is 13.1 Å². The first-order chi connectivity index (χ1) is 8.43. The van der Waals surface area contributed by atoms with E-state index in [1.807, 2.05) is 0 Å². The van der Waals surface area contributed by atoms with E-state index in [1.54, 1.807) is 0 Å². The highest BCUT2D eigenvalue weighted by Gasteiger charge is 2.38. The molecule has 1 saturated heterocycles. The lowest BCUT2D eigenvalue weighted by atomic mass is 9.94. The van der Waals surface area contributed by atoms with Gasteiger partial charge in [0.05, 0.1) is 0 Å². The van der Waals surface area contributed by atoms with Gasteiger partial charge in [0.25, 0.3) is 0 Å². The van der Waals surface area contributed by atoms with Crippen LogP contribution in [0.1, 0.15) is 24.8 Å². The molecule has 92 valence electrons. The van der Waals surface area contributed by atoms with Crippen LogP contribution in [0.4, 0.5) is 0 Å². The molecular formula is C15H22N2. The summed E-state index contributed by atoms with van der Waals surface area (Å²) < 4.78 is 0. The van der Waals surface area contributed by atoms with E-state index in [1.165, 1.54) is 31.4 Å². The minimum Gasteiger partial charge on any atom is -0.312 e. The third kappa shape index (κ3) is 2.53. The lowest BCUT2D eigenvalue weighted by Gasteiger charge is -2.18. The first kappa shape index (κ1) is 11.2. The second-order valence-electron chi connectivity index (χ2n) is 5.49. The first-order valence-electron chi connectivity index (χ1n) is 6.91. The summed E-state index contributed by atoms with van der Waals surface area (Å²) in [7, 11) is 0. The van der Waals surface area contributed by atoms with Gasteiger partial charge < -0.3 is 10.6 Å². The predicted octanol–water partition coefficient (Wildman–Crippen LogP) is 2.16. The zero-order valence-corrected chi connectivity index (χ0v) is 10.4. The maximum Gasteiger partial charge on any atom is 0.0224 e. The van der Waals surface area contributed by atoms with Crippen molar-refractivity contribution >= 4 is 0 Å². The lowest BCUT2D eigenvalue weighted by molar-refractivity contribution is 0.393. The van der Waals surface area contributed by atoms with E-state index >= 15 is 0 Å². The van der Waals surface area contributed by atoms with Gasteiger partial charge in [-0.3, -0.25) is 0 Å². The average molecular weight is 230 g/mol. The van der Waals surface area contributed by atoms with Crippen molar-refractivity contribution in [1.29, 1.82) is 0 Å². The van der Waals surface area contributed by atoms with Gasteiger partial charge in [-0.05, 0) is 36.8 Å². The molecule has 3 unspecified atom stereocenters. The maximum absolute atomic E-state index is 3.68. The first-order valence-corrected chi connectivity index (χ1v) is 6.91. The topological polar surface area (TPSA) is 24.1 Å². The van der Waals surface area contributed by atoms with Gasteiger partial charge in [-0.1, -0.05) is 36.8 Å². The molecule has 1 aliphatic carbocycles. The predicted molar refractivity (Wildman–Crippen MR) is 70.8 cm³/mol. The molecule has 1 aromatic rings. The van der Waals surface area contributed by atoms with Crippen LogP contribution in [0.5, 0.6) is 0 Å². The summed E-state index contributed by atoms with van der Waals surface area (Å²) >= 11 is 0. The fourth-order valence-electron chi connectivity index (χ4n) is 3.49. The largest absolute Gasteiger partial charge is 0.312 e. The zero-order chi connectivity index (χ0) is 11.5. The normalized spacial score (nSPS) is 31.6. The molecule has 1 heterocycles. The summed E-state index contributed by atoms with van der Waals surface area (Å²) in [6.07, 6.45) is 4.34. The highest BCUT2D eigenvalue weighted by atomic mass is 15.0. The summed E-state index contributed by atoms with van der Waals surface area (Å²) in [6.45, 7) is 3.37. The van der Waals surface area contributed by atoms with Crippen LogP contribution in [0.15, 0.2) is 30.3 Å². The molecule has 1 aromatic carbocycles. The van der Waals surface area contributed by atoms with E-state index in [4.69, 9.17) is 0 Å². The summed E-state index contributed by atoms with van der Waals surface area (Å²) in [5.74, 6) is 1.91. The molecule has 0 spiro atoms. The highest BCUT2D eigenvalue weighted by Crippen LogP contribution is 2.37. The third-order valence-corrected chi connectivity index (χ3v) is 4.41. The molecule has 0 amide bonds. The fourth-order valence-corrected chi connectivity index (χ4v) is 3.49. The van der Waals surface area contributed by atoms with Gasteiger partial charge in [-0.25, -0.2) is 0 Å². The molecule has 2 heteroatoms.